The van der Waals surface area contributed by atoms with Crippen molar-refractivity contribution in [2.75, 3.05) is 0 Å². The largest absolute Gasteiger partial charge is 0.352 e. The first kappa shape index (κ1) is 24.6. The van der Waals surface area contributed by atoms with Crippen molar-refractivity contribution in [3.05, 3.63) is 35.8 Å². The van der Waals surface area contributed by atoms with Crippen LogP contribution in [0, 0.1) is 34.4 Å². The van der Waals surface area contributed by atoms with Gasteiger partial charge in [0, 0.05) is 35.6 Å². The SMILES string of the molecule is CC(C)(C)CC(CC(=O)c1cc2c(F)cccc2[nH]1)C(=O)NC(C#N)CC1CCCCC1=O. The van der Waals surface area contributed by atoms with Crippen LogP contribution >= 0.6 is 0 Å². The van der Waals surface area contributed by atoms with Gasteiger partial charge in [0.25, 0.3) is 0 Å². The Kier molecular flexibility index (Phi) is 7.68. The molecule has 1 heterocycles. The Bertz CT molecular complexity index is 1080. The minimum atomic E-state index is -0.774. The molecule has 0 aliphatic heterocycles. The molecule has 1 aromatic heterocycles. The average molecular weight is 454 g/mol. The van der Waals surface area contributed by atoms with Crippen LogP contribution in [-0.4, -0.2) is 28.5 Å². The van der Waals surface area contributed by atoms with Crippen molar-refractivity contribution in [3.8, 4) is 6.07 Å². The Morgan fingerprint density at radius 2 is 2.06 bits per heavy atom. The second-order valence-corrected chi connectivity index (χ2v) is 10.3. The minimum Gasteiger partial charge on any atom is -0.352 e. The lowest BCUT2D eigenvalue weighted by Crippen LogP contribution is -2.42. The Morgan fingerprint density at radius 3 is 2.70 bits per heavy atom. The predicted molar refractivity (Wildman–Crippen MR) is 124 cm³/mol. The summed E-state index contributed by atoms with van der Waals surface area (Å²) in [6.45, 7) is 5.95. The molecule has 1 aliphatic carbocycles. The van der Waals surface area contributed by atoms with Gasteiger partial charge in [-0.15, -0.1) is 0 Å². The zero-order chi connectivity index (χ0) is 24.2. The van der Waals surface area contributed by atoms with Crippen LogP contribution in [0.5, 0.6) is 0 Å². The van der Waals surface area contributed by atoms with Crippen molar-refractivity contribution in [1.29, 1.82) is 5.26 Å². The number of hydrogen-bond donors (Lipinski definition) is 2. The van der Waals surface area contributed by atoms with Gasteiger partial charge in [-0.25, -0.2) is 4.39 Å². The third kappa shape index (κ3) is 6.50. The minimum absolute atomic E-state index is 0.0575. The van der Waals surface area contributed by atoms with Gasteiger partial charge in [-0.3, -0.25) is 14.4 Å². The lowest BCUT2D eigenvalue weighted by Gasteiger charge is -2.27. The second-order valence-electron chi connectivity index (χ2n) is 10.3. The number of hydrogen-bond acceptors (Lipinski definition) is 4. The van der Waals surface area contributed by atoms with Gasteiger partial charge in [0.2, 0.25) is 5.91 Å². The maximum absolute atomic E-state index is 14.0. The van der Waals surface area contributed by atoms with Crippen LogP contribution in [0.4, 0.5) is 4.39 Å². The lowest BCUT2D eigenvalue weighted by molar-refractivity contribution is -0.128. The van der Waals surface area contributed by atoms with Crippen LogP contribution in [-0.2, 0) is 9.59 Å². The van der Waals surface area contributed by atoms with E-state index in [2.05, 4.69) is 16.4 Å². The van der Waals surface area contributed by atoms with Gasteiger partial charge in [-0.2, -0.15) is 5.26 Å². The van der Waals surface area contributed by atoms with Crippen molar-refractivity contribution in [3.63, 3.8) is 0 Å². The Morgan fingerprint density at radius 1 is 1.30 bits per heavy atom. The Labute approximate surface area is 193 Å². The summed E-state index contributed by atoms with van der Waals surface area (Å²) in [6.07, 6.45) is 3.80. The molecule has 3 atom stereocenters. The van der Waals surface area contributed by atoms with Crippen molar-refractivity contribution in [2.45, 2.75) is 71.8 Å². The monoisotopic (exact) mass is 453 g/mol. The number of carbonyl (C=O) groups is 3. The highest BCUT2D eigenvalue weighted by atomic mass is 19.1. The van der Waals surface area contributed by atoms with Gasteiger partial charge in [0.1, 0.15) is 17.6 Å². The van der Waals surface area contributed by atoms with E-state index in [0.29, 0.717) is 30.2 Å². The molecule has 0 saturated heterocycles. The smallest absolute Gasteiger partial charge is 0.224 e. The van der Waals surface area contributed by atoms with E-state index in [1.807, 2.05) is 20.8 Å². The molecule has 1 aromatic carbocycles. The number of aromatic amines is 1. The van der Waals surface area contributed by atoms with E-state index in [1.54, 1.807) is 12.1 Å². The Hall–Kier alpha value is -3.01. The number of carbonyl (C=O) groups excluding carboxylic acids is 3. The highest BCUT2D eigenvalue weighted by Gasteiger charge is 2.31. The highest BCUT2D eigenvalue weighted by molar-refractivity contribution is 6.01. The van der Waals surface area contributed by atoms with Gasteiger partial charge >= 0.3 is 0 Å². The van der Waals surface area contributed by atoms with Crippen LogP contribution < -0.4 is 5.32 Å². The molecule has 2 N–H and O–H groups in total. The summed E-state index contributed by atoms with van der Waals surface area (Å²) < 4.78 is 14.0. The van der Waals surface area contributed by atoms with Crippen molar-refractivity contribution < 1.29 is 18.8 Å². The maximum atomic E-state index is 14.0. The number of fused-ring (bicyclic) bond motifs is 1. The van der Waals surface area contributed by atoms with Crippen LogP contribution in [0.3, 0.4) is 0 Å². The van der Waals surface area contributed by atoms with Gasteiger partial charge < -0.3 is 10.3 Å². The van der Waals surface area contributed by atoms with Gasteiger partial charge in [0.15, 0.2) is 5.78 Å². The number of aromatic nitrogens is 1. The zero-order valence-electron chi connectivity index (χ0n) is 19.5. The molecule has 33 heavy (non-hydrogen) atoms. The summed E-state index contributed by atoms with van der Waals surface area (Å²) in [4.78, 5) is 41.2. The topological polar surface area (TPSA) is 103 Å². The molecule has 2 aromatic rings. The van der Waals surface area contributed by atoms with Crippen molar-refractivity contribution in [1.82, 2.24) is 10.3 Å². The summed E-state index contributed by atoms with van der Waals surface area (Å²) in [5.74, 6) is -1.76. The quantitative estimate of drug-likeness (QED) is 0.543. The molecule has 7 heteroatoms. The number of ketones is 2. The van der Waals surface area contributed by atoms with Gasteiger partial charge in [-0.1, -0.05) is 33.3 Å². The number of nitrogens with zero attached hydrogens (tertiary/aromatic N) is 1. The molecule has 176 valence electrons. The molecule has 1 fully saturated rings. The van der Waals surface area contributed by atoms with Crippen molar-refractivity contribution >= 4 is 28.4 Å². The number of H-pyrrole nitrogens is 1. The molecule has 6 nitrogen and oxygen atoms in total. The average Bonchev–Trinajstić information content (AvgIpc) is 3.19. The zero-order valence-corrected chi connectivity index (χ0v) is 19.5. The predicted octanol–water partition coefficient (Wildman–Crippen LogP) is 5.09. The van der Waals surface area contributed by atoms with Crippen LogP contribution in [0.1, 0.15) is 76.2 Å². The third-order valence-electron chi connectivity index (χ3n) is 6.25. The van der Waals surface area contributed by atoms with E-state index in [9.17, 15) is 24.0 Å². The van der Waals surface area contributed by atoms with E-state index >= 15 is 0 Å². The lowest BCUT2D eigenvalue weighted by atomic mass is 9.81. The van der Waals surface area contributed by atoms with E-state index in [1.165, 1.54) is 12.1 Å². The van der Waals surface area contributed by atoms with E-state index < -0.39 is 17.8 Å². The normalized spacial score (nSPS) is 18.5. The van der Waals surface area contributed by atoms with Crippen LogP contribution in [0.15, 0.2) is 24.3 Å². The fourth-order valence-electron chi connectivity index (χ4n) is 4.62. The first-order valence-electron chi connectivity index (χ1n) is 11.6. The standard InChI is InChI=1S/C26H32FN3O3/c1-26(2,3)14-17(12-24(32)22-13-19-20(27)8-6-9-21(19)30-22)25(33)29-18(15-28)11-16-7-4-5-10-23(16)31/h6,8-9,13,16-18,30H,4-5,7,10-12,14H2,1-3H3,(H,29,33). The van der Waals surface area contributed by atoms with E-state index in [4.69, 9.17) is 0 Å². The number of nitriles is 1. The number of rotatable bonds is 8. The van der Waals surface area contributed by atoms with Crippen LogP contribution in [0.2, 0.25) is 0 Å². The molecule has 1 aliphatic rings. The van der Waals surface area contributed by atoms with E-state index in [0.717, 1.165) is 19.3 Å². The van der Waals surface area contributed by atoms with Crippen molar-refractivity contribution in [2.24, 2.45) is 17.3 Å². The molecular formula is C26H32FN3O3. The number of Topliss-reactive ketones (excluding diaryl/α,β-unsaturated/α-hetero) is 2. The summed E-state index contributed by atoms with van der Waals surface area (Å²) >= 11 is 0. The molecule has 0 radical (unpaired) electrons. The van der Waals surface area contributed by atoms with Crippen LogP contribution in [0.25, 0.3) is 10.9 Å². The third-order valence-corrected chi connectivity index (χ3v) is 6.25. The summed E-state index contributed by atoms with van der Waals surface area (Å²) in [7, 11) is 0. The number of amides is 1. The number of benzene rings is 1. The number of halogens is 1. The second kappa shape index (κ2) is 10.3. The first-order chi connectivity index (χ1) is 15.6. The fourth-order valence-corrected chi connectivity index (χ4v) is 4.62. The molecule has 3 rings (SSSR count). The molecule has 1 saturated carbocycles. The molecule has 0 bridgehead atoms. The molecule has 3 unspecified atom stereocenters. The van der Waals surface area contributed by atoms with E-state index in [-0.39, 0.29) is 40.9 Å². The summed E-state index contributed by atoms with van der Waals surface area (Å²) in [6, 6.07) is 7.41. The number of nitrogens with one attached hydrogen (secondary N) is 2. The summed E-state index contributed by atoms with van der Waals surface area (Å²) in [5.41, 5.74) is 0.555. The highest BCUT2D eigenvalue weighted by Crippen LogP contribution is 2.29. The van der Waals surface area contributed by atoms with Gasteiger partial charge in [-0.05, 0) is 49.3 Å². The fraction of sp³-hybridized carbons (Fsp3) is 0.538. The summed E-state index contributed by atoms with van der Waals surface area (Å²) in [5, 5.41) is 12.7. The molecule has 0 spiro atoms. The maximum Gasteiger partial charge on any atom is 0.224 e. The molecular weight excluding hydrogens is 421 g/mol. The first-order valence-corrected chi connectivity index (χ1v) is 11.6. The van der Waals surface area contributed by atoms with Gasteiger partial charge in [0.05, 0.1) is 11.8 Å². The Balaban J connectivity index is 1.72. The molecule has 1 amide bonds.